The zero-order valence-electron chi connectivity index (χ0n) is 12.3. The first-order valence-electron chi connectivity index (χ1n) is 7.15. The van der Waals surface area contributed by atoms with Gasteiger partial charge >= 0.3 is 0 Å². The molecule has 0 unspecified atom stereocenters. The van der Waals surface area contributed by atoms with Crippen molar-refractivity contribution in [1.82, 2.24) is 5.32 Å². The molecule has 1 N–H and O–H groups in total. The van der Waals surface area contributed by atoms with Crippen LogP contribution in [0, 0.1) is 11.3 Å². The first-order valence-corrected chi connectivity index (χ1v) is 7.15. The van der Waals surface area contributed by atoms with Gasteiger partial charge in [0.05, 0.1) is 12.7 Å². The van der Waals surface area contributed by atoms with Crippen molar-refractivity contribution in [2.24, 2.45) is 0 Å². The molecule has 0 bridgehead atoms. The highest BCUT2D eigenvalue weighted by atomic mass is 16.5. The Kier molecular flexibility index (Phi) is 5.81. The van der Waals surface area contributed by atoms with Gasteiger partial charge in [-0.25, -0.2) is 0 Å². The van der Waals surface area contributed by atoms with E-state index < -0.39 is 0 Å². The molecule has 0 heterocycles. The van der Waals surface area contributed by atoms with E-state index in [0.29, 0.717) is 11.3 Å². The summed E-state index contributed by atoms with van der Waals surface area (Å²) < 4.78 is 5.21. The summed E-state index contributed by atoms with van der Waals surface area (Å²) in [6.07, 6.45) is 2.20. The van der Waals surface area contributed by atoms with E-state index in [1.165, 1.54) is 5.56 Å². The van der Waals surface area contributed by atoms with Gasteiger partial charge in [0.1, 0.15) is 11.8 Å². The standard InChI is InChI=1S/C18H20N2O/c1-21-18-12-16(9-10-17(18)13-19)14-20-11-5-8-15-6-3-2-4-7-15/h2-4,6-7,9-10,12,20H,5,8,11,14H2,1H3. The van der Waals surface area contributed by atoms with Crippen LogP contribution >= 0.6 is 0 Å². The summed E-state index contributed by atoms with van der Waals surface area (Å²) in [7, 11) is 1.59. The highest BCUT2D eigenvalue weighted by Crippen LogP contribution is 2.19. The molecule has 0 aliphatic carbocycles. The highest BCUT2D eigenvalue weighted by molar-refractivity contribution is 5.45. The van der Waals surface area contributed by atoms with E-state index in [1.54, 1.807) is 13.2 Å². The minimum absolute atomic E-state index is 0.574. The Labute approximate surface area is 126 Å². The van der Waals surface area contributed by atoms with Crippen LogP contribution in [0.2, 0.25) is 0 Å². The number of nitrogens with zero attached hydrogens (tertiary/aromatic N) is 1. The molecule has 2 aromatic rings. The van der Waals surface area contributed by atoms with Crippen LogP contribution in [0.1, 0.15) is 23.1 Å². The number of ether oxygens (including phenoxy) is 1. The third-order valence-electron chi connectivity index (χ3n) is 3.38. The van der Waals surface area contributed by atoms with Crippen LogP contribution in [0.15, 0.2) is 48.5 Å². The molecule has 108 valence electrons. The summed E-state index contributed by atoms with van der Waals surface area (Å²) in [4.78, 5) is 0. The Morgan fingerprint density at radius 3 is 2.62 bits per heavy atom. The Bertz CT molecular complexity index is 602. The number of aryl methyl sites for hydroxylation is 1. The van der Waals surface area contributed by atoms with Crippen molar-refractivity contribution in [3.05, 3.63) is 65.2 Å². The van der Waals surface area contributed by atoms with E-state index in [0.717, 1.165) is 31.5 Å². The van der Waals surface area contributed by atoms with Gasteiger partial charge in [0.15, 0.2) is 0 Å². The number of benzene rings is 2. The van der Waals surface area contributed by atoms with E-state index >= 15 is 0 Å². The highest BCUT2D eigenvalue weighted by Gasteiger charge is 2.03. The van der Waals surface area contributed by atoms with Crippen molar-refractivity contribution < 1.29 is 4.74 Å². The minimum atomic E-state index is 0.574. The second-order valence-corrected chi connectivity index (χ2v) is 4.91. The zero-order chi connectivity index (χ0) is 14.9. The van der Waals surface area contributed by atoms with Crippen molar-refractivity contribution in [1.29, 1.82) is 5.26 Å². The number of hydrogen-bond donors (Lipinski definition) is 1. The van der Waals surface area contributed by atoms with Gasteiger partial charge in [0, 0.05) is 6.54 Å². The molecular formula is C18H20N2O. The quantitative estimate of drug-likeness (QED) is 0.792. The minimum Gasteiger partial charge on any atom is -0.495 e. The zero-order valence-corrected chi connectivity index (χ0v) is 12.3. The lowest BCUT2D eigenvalue weighted by atomic mass is 10.1. The maximum absolute atomic E-state index is 8.95. The Morgan fingerprint density at radius 1 is 1.10 bits per heavy atom. The van der Waals surface area contributed by atoms with E-state index in [2.05, 4.69) is 35.7 Å². The fourth-order valence-corrected chi connectivity index (χ4v) is 2.23. The van der Waals surface area contributed by atoms with Crippen molar-refractivity contribution in [3.63, 3.8) is 0 Å². The summed E-state index contributed by atoms with van der Waals surface area (Å²) >= 11 is 0. The van der Waals surface area contributed by atoms with Crippen LogP contribution in [-0.4, -0.2) is 13.7 Å². The van der Waals surface area contributed by atoms with Gasteiger partial charge in [0.2, 0.25) is 0 Å². The number of methoxy groups -OCH3 is 1. The lowest BCUT2D eigenvalue weighted by molar-refractivity contribution is 0.412. The summed E-state index contributed by atoms with van der Waals surface area (Å²) in [6, 6.07) is 18.3. The second-order valence-electron chi connectivity index (χ2n) is 4.91. The van der Waals surface area contributed by atoms with Crippen LogP contribution in [0.25, 0.3) is 0 Å². The predicted molar refractivity (Wildman–Crippen MR) is 84.2 cm³/mol. The first-order chi connectivity index (χ1) is 10.3. The maximum Gasteiger partial charge on any atom is 0.136 e. The molecule has 0 spiro atoms. The molecule has 0 aliphatic rings. The third kappa shape index (κ3) is 4.62. The van der Waals surface area contributed by atoms with Gasteiger partial charge in [-0.1, -0.05) is 36.4 Å². The lowest BCUT2D eigenvalue weighted by Gasteiger charge is -2.08. The molecule has 0 saturated heterocycles. The molecule has 0 saturated carbocycles. The molecule has 3 heteroatoms. The van der Waals surface area contributed by atoms with Crippen molar-refractivity contribution in [2.75, 3.05) is 13.7 Å². The molecule has 0 radical (unpaired) electrons. The molecule has 0 aliphatic heterocycles. The van der Waals surface area contributed by atoms with Crippen molar-refractivity contribution in [2.45, 2.75) is 19.4 Å². The molecule has 2 rings (SSSR count). The SMILES string of the molecule is COc1cc(CNCCCc2ccccc2)ccc1C#N. The van der Waals surface area contributed by atoms with Gasteiger partial charge in [-0.05, 0) is 42.6 Å². The molecule has 3 nitrogen and oxygen atoms in total. The summed E-state index contributed by atoms with van der Waals surface area (Å²) in [5, 5.41) is 12.4. The Hall–Kier alpha value is -2.31. The maximum atomic E-state index is 8.95. The third-order valence-corrected chi connectivity index (χ3v) is 3.38. The summed E-state index contributed by atoms with van der Waals surface area (Å²) in [6.45, 7) is 1.76. The topological polar surface area (TPSA) is 45.0 Å². The van der Waals surface area contributed by atoms with Gasteiger partial charge in [-0.15, -0.1) is 0 Å². The number of hydrogen-bond acceptors (Lipinski definition) is 3. The summed E-state index contributed by atoms with van der Waals surface area (Å²) in [5.74, 6) is 0.640. The van der Waals surface area contributed by atoms with Crippen LogP contribution in [0.4, 0.5) is 0 Å². The molecule has 2 aromatic carbocycles. The van der Waals surface area contributed by atoms with Crippen LogP contribution in [-0.2, 0) is 13.0 Å². The monoisotopic (exact) mass is 280 g/mol. The number of nitrogens with one attached hydrogen (secondary N) is 1. The average molecular weight is 280 g/mol. The number of nitriles is 1. The van der Waals surface area contributed by atoms with Crippen LogP contribution < -0.4 is 10.1 Å². The molecule has 0 amide bonds. The smallest absolute Gasteiger partial charge is 0.136 e. The van der Waals surface area contributed by atoms with Gasteiger partial charge in [-0.2, -0.15) is 5.26 Å². The van der Waals surface area contributed by atoms with E-state index in [4.69, 9.17) is 10.00 Å². The van der Waals surface area contributed by atoms with Crippen LogP contribution in [0.3, 0.4) is 0 Å². The largest absolute Gasteiger partial charge is 0.495 e. The Morgan fingerprint density at radius 2 is 1.90 bits per heavy atom. The van der Waals surface area contributed by atoms with Gasteiger partial charge in [-0.3, -0.25) is 0 Å². The van der Waals surface area contributed by atoms with E-state index in [9.17, 15) is 0 Å². The van der Waals surface area contributed by atoms with Crippen molar-refractivity contribution >= 4 is 0 Å². The van der Waals surface area contributed by atoms with E-state index in [1.807, 2.05) is 18.2 Å². The molecule has 21 heavy (non-hydrogen) atoms. The van der Waals surface area contributed by atoms with Gasteiger partial charge < -0.3 is 10.1 Å². The normalized spacial score (nSPS) is 10.1. The first kappa shape index (κ1) is 15.1. The molecule has 0 aromatic heterocycles. The van der Waals surface area contributed by atoms with Gasteiger partial charge in [0.25, 0.3) is 0 Å². The molecule has 0 fully saturated rings. The predicted octanol–water partition coefficient (Wildman–Crippen LogP) is 3.29. The second kappa shape index (κ2) is 8.08. The number of rotatable bonds is 7. The lowest BCUT2D eigenvalue weighted by Crippen LogP contribution is -2.15. The fourth-order valence-electron chi connectivity index (χ4n) is 2.23. The molecular weight excluding hydrogens is 260 g/mol. The van der Waals surface area contributed by atoms with Crippen LogP contribution in [0.5, 0.6) is 5.75 Å². The summed E-state index contributed by atoms with van der Waals surface area (Å²) in [5.41, 5.74) is 3.08. The average Bonchev–Trinajstić information content (AvgIpc) is 2.55. The molecule has 0 atom stereocenters. The fraction of sp³-hybridized carbons (Fsp3) is 0.278. The Balaban J connectivity index is 1.75. The van der Waals surface area contributed by atoms with Crippen molar-refractivity contribution in [3.8, 4) is 11.8 Å². The van der Waals surface area contributed by atoms with E-state index in [-0.39, 0.29) is 0 Å².